The van der Waals surface area contributed by atoms with Crippen molar-refractivity contribution in [3.8, 4) is 0 Å². The van der Waals surface area contributed by atoms with Gasteiger partial charge in [-0.25, -0.2) is 4.98 Å². The first-order valence-corrected chi connectivity index (χ1v) is 14.2. The fourth-order valence-corrected chi connectivity index (χ4v) is 5.77. The van der Waals surface area contributed by atoms with E-state index < -0.39 is 0 Å². The van der Waals surface area contributed by atoms with Crippen LogP contribution in [-0.2, 0) is 13.1 Å². The van der Waals surface area contributed by atoms with Crippen molar-refractivity contribution in [1.82, 2.24) is 35.1 Å². The van der Waals surface area contributed by atoms with Crippen molar-refractivity contribution in [2.45, 2.75) is 65.6 Å². The molecule has 40 heavy (non-hydrogen) atoms. The first-order chi connectivity index (χ1) is 19.2. The molecule has 0 saturated heterocycles. The summed E-state index contributed by atoms with van der Waals surface area (Å²) in [5, 5.41) is 16.1. The first kappa shape index (κ1) is 27.8. The topological polar surface area (TPSA) is 108 Å². The minimum absolute atomic E-state index is 0.155. The fraction of sp³-hybridized carbons (Fsp3) is 0.500. The van der Waals surface area contributed by atoms with Gasteiger partial charge in [-0.05, 0) is 86.2 Å². The number of hydrogen-bond donors (Lipinski definition) is 2. The van der Waals surface area contributed by atoms with Gasteiger partial charge in [-0.3, -0.25) is 10.1 Å². The average Bonchev–Trinajstić information content (AvgIpc) is 3.58. The highest BCUT2D eigenvalue weighted by molar-refractivity contribution is 6.03. The number of nitrogens with one attached hydrogen (secondary N) is 2. The molecular formula is C30H41N9O. The Morgan fingerprint density at radius 1 is 1.05 bits per heavy atom. The zero-order valence-corrected chi connectivity index (χ0v) is 24.3. The van der Waals surface area contributed by atoms with Crippen molar-refractivity contribution in [2.75, 3.05) is 30.9 Å². The van der Waals surface area contributed by atoms with Crippen LogP contribution in [0.15, 0.2) is 48.5 Å². The molecular weight excluding hydrogens is 502 g/mol. The van der Waals surface area contributed by atoms with Crippen molar-refractivity contribution in [3.63, 3.8) is 0 Å². The van der Waals surface area contributed by atoms with E-state index in [2.05, 4.69) is 99.4 Å². The van der Waals surface area contributed by atoms with Crippen LogP contribution < -0.4 is 10.2 Å². The number of imidazole rings is 1. The molecule has 0 atom stereocenters. The van der Waals surface area contributed by atoms with E-state index in [1.807, 2.05) is 24.3 Å². The minimum Gasteiger partial charge on any atom is -0.335 e. The number of H-pyrrole nitrogens is 1. The van der Waals surface area contributed by atoms with E-state index in [1.165, 1.54) is 18.4 Å². The molecule has 1 saturated carbocycles. The molecule has 10 nitrogen and oxygen atoms in total. The van der Waals surface area contributed by atoms with Crippen LogP contribution in [0.2, 0.25) is 0 Å². The Morgan fingerprint density at radius 2 is 1.77 bits per heavy atom. The second-order valence-electron chi connectivity index (χ2n) is 12.2. The van der Waals surface area contributed by atoms with Crippen LogP contribution in [0.1, 0.15) is 62.4 Å². The van der Waals surface area contributed by atoms with Gasteiger partial charge in [0.15, 0.2) is 0 Å². The van der Waals surface area contributed by atoms with Gasteiger partial charge < -0.3 is 14.4 Å². The maximum absolute atomic E-state index is 12.6. The van der Waals surface area contributed by atoms with Crippen molar-refractivity contribution in [2.24, 2.45) is 11.3 Å². The smallest absolute Gasteiger partial charge is 0.270 e. The second-order valence-corrected chi connectivity index (χ2v) is 12.2. The summed E-state index contributed by atoms with van der Waals surface area (Å²) in [5.74, 6) is 1.65. The quantitative estimate of drug-likeness (QED) is 0.307. The van der Waals surface area contributed by atoms with Crippen LogP contribution in [0.25, 0.3) is 11.0 Å². The largest absolute Gasteiger partial charge is 0.335 e. The summed E-state index contributed by atoms with van der Waals surface area (Å²) in [6, 6.07) is 16.6. The molecule has 10 heteroatoms. The van der Waals surface area contributed by atoms with E-state index in [0.29, 0.717) is 17.0 Å². The standard InChI is InChI=1S/C30H41N9O/c1-30(2,3)23-14-16-24(17-15-23)39(29-31-25-8-6-7-9-26(25)38(29)19-18-37(4)5)20-21-10-12-22(13-11-21)27(40)32-28-33-35-36-34-28/h6-13,23-24H,14-20H2,1-5H3,(H2,32,33,34,35,36,40). The molecule has 5 rings (SSSR count). The lowest BCUT2D eigenvalue weighted by Gasteiger charge is -2.41. The number of amides is 1. The molecule has 2 aromatic heterocycles. The van der Waals surface area contributed by atoms with Gasteiger partial charge in [-0.15, -0.1) is 5.10 Å². The highest BCUT2D eigenvalue weighted by atomic mass is 16.1. The van der Waals surface area contributed by atoms with Crippen LogP contribution in [-0.4, -0.2) is 67.7 Å². The van der Waals surface area contributed by atoms with Crippen LogP contribution in [0, 0.1) is 11.3 Å². The number of carbonyl (C=O) groups is 1. The van der Waals surface area contributed by atoms with Crippen LogP contribution in [0.3, 0.4) is 0 Å². The highest BCUT2D eigenvalue weighted by Gasteiger charge is 2.33. The predicted molar refractivity (Wildman–Crippen MR) is 158 cm³/mol. The van der Waals surface area contributed by atoms with Crippen LogP contribution in [0.5, 0.6) is 0 Å². The van der Waals surface area contributed by atoms with Gasteiger partial charge in [-0.2, -0.15) is 5.21 Å². The summed E-state index contributed by atoms with van der Waals surface area (Å²) < 4.78 is 2.39. The number of aromatic amines is 1. The number of anilines is 2. The maximum Gasteiger partial charge on any atom is 0.270 e. The van der Waals surface area contributed by atoms with Crippen molar-refractivity contribution in [3.05, 3.63) is 59.7 Å². The molecule has 0 unspecified atom stereocenters. The average molecular weight is 544 g/mol. The van der Waals surface area contributed by atoms with E-state index >= 15 is 0 Å². The Labute approximate surface area is 236 Å². The normalized spacial score (nSPS) is 17.9. The van der Waals surface area contributed by atoms with Gasteiger partial charge in [-0.1, -0.05) is 50.1 Å². The SMILES string of the molecule is CN(C)CCn1c(N(Cc2ccc(C(=O)Nc3nn[nH]n3)cc2)C2CCC(C(C)(C)C)CC2)nc2ccccc21. The maximum atomic E-state index is 12.6. The number of benzene rings is 2. The Hall–Kier alpha value is -3.79. The third kappa shape index (κ3) is 6.33. The van der Waals surface area contributed by atoms with E-state index in [0.717, 1.165) is 55.4 Å². The van der Waals surface area contributed by atoms with E-state index in [9.17, 15) is 4.79 Å². The Morgan fingerprint density at radius 3 is 2.42 bits per heavy atom. The van der Waals surface area contributed by atoms with Gasteiger partial charge in [0.1, 0.15) is 0 Å². The van der Waals surface area contributed by atoms with Gasteiger partial charge >= 0.3 is 0 Å². The lowest BCUT2D eigenvalue weighted by atomic mass is 9.71. The van der Waals surface area contributed by atoms with Gasteiger partial charge in [0.05, 0.1) is 11.0 Å². The number of nitrogens with zero attached hydrogens (tertiary/aromatic N) is 7. The molecule has 2 N–H and O–H groups in total. The molecule has 0 spiro atoms. The number of aromatic nitrogens is 6. The molecule has 2 aromatic carbocycles. The summed E-state index contributed by atoms with van der Waals surface area (Å²) in [5.41, 5.74) is 4.20. The summed E-state index contributed by atoms with van der Waals surface area (Å²) >= 11 is 0. The molecule has 0 radical (unpaired) electrons. The molecule has 1 fully saturated rings. The van der Waals surface area contributed by atoms with Gasteiger partial charge in [0.25, 0.3) is 11.9 Å². The number of para-hydroxylation sites is 2. The summed E-state index contributed by atoms with van der Waals surface area (Å²) in [4.78, 5) is 22.6. The van der Waals surface area contributed by atoms with E-state index in [4.69, 9.17) is 4.98 Å². The number of tetrazole rings is 1. The molecule has 0 aliphatic heterocycles. The predicted octanol–water partition coefficient (Wildman–Crippen LogP) is 4.97. The summed E-state index contributed by atoms with van der Waals surface area (Å²) in [7, 11) is 4.22. The third-order valence-electron chi connectivity index (χ3n) is 8.16. The highest BCUT2D eigenvalue weighted by Crippen LogP contribution is 2.40. The van der Waals surface area contributed by atoms with Crippen molar-refractivity contribution >= 4 is 28.8 Å². The number of hydrogen-bond acceptors (Lipinski definition) is 7. The fourth-order valence-electron chi connectivity index (χ4n) is 5.77. The molecule has 212 valence electrons. The lowest BCUT2D eigenvalue weighted by molar-refractivity contribution is 0.102. The van der Waals surface area contributed by atoms with Crippen molar-refractivity contribution in [1.29, 1.82) is 0 Å². The van der Waals surface area contributed by atoms with E-state index in [1.54, 1.807) is 0 Å². The minimum atomic E-state index is -0.268. The lowest BCUT2D eigenvalue weighted by Crippen LogP contribution is -2.41. The number of fused-ring (bicyclic) bond motifs is 1. The Bertz CT molecular complexity index is 1400. The second kappa shape index (κ2) is 11.8. The van der Waals surface area contributed by atoms with Gasteiger partial charge in [0, 0.05) is 31.2 Å². The van der Waals surface area contributed by atoms with Gasteiger partial charge in [0.2, 0.25) is 5.95 Å². The third-order valence-corrected chi connectivity index (χ3v) is 8.16. The molecule has 0 bridgehead atoms. The molecule has 1 amide bonds. The monoisotopic (exact) mass is 543 g/mol. The number of likely N-dealkylation sites (N-methyl/N-ethyl adjacent to an activating group) is 1. The zero-order valence-electron chi connectivity index (χ0n) is 24.3. The van der Waals surface area contributed by atoms with Crippen LogP contribution in [0.4, 0.5) is 11.9 Å². The Kier molecular flexibility index (Phi) is 8.16. The first-order valence-electron chi connectivity index (χ1n) is 14.2. The Balaban J connectivity index is 1.44. The number of carbonyl (C=O) groups excluding carboxylic acids is 1. The molecule has 1 aliphatic carbocycles. The molecule has 1 aliphatic rings. The molecule has 2 heterocycles. The summed E-state index contributed by atoms with van der Waals surface area (Å²) in [6.45, 7) is 9.63. The molecule has 4 aromatic rings. The van der Waals surface area contributed by atoms with Crippen LogP contribution >= 0.6 is 0 Å². The number of rotatable bonds is 9. The van der Waals surface area contributed by atoms with Crippen molar-refractivity contribution < 1.29 is 4.79 Å². The zero-order chi connectivity index (χ0) is 28.3. The van der Waals surface area contributed by atoms with E-state index in [-0.39, 0.29) is 11.9 Å². The summed E-state index contributed by atoms with van der Waals surface area (Å²) in [6.07, 6.45) is 4.73.